The van der Waals surface area contributed by atoms with Crippen LogP contribution in [0.5, 0.6) is 23.0 Å². The number of hydrogen-bond donors (Lipinski definition) is 7. The number of carbonyl (C=O) groups excluding carboxylic acids is 4. The molecule has 7 N–H and O–H groups in total. The SMILES string of the molecule is COC(=O)c1ccc(NC(=O)c2ccc(NC(=O)c3ccc(NC(=O)c4ccc([N+](=O)[O-])c(OCC(=O)O)c4)c(OCC(=O)O)c3)c(OCC(=O)O)c2)c(OCC(=O)O)c1. The lowest BCUT2D eigenvalue weighted by molar-refractivity contribution is -0.385. The van der Waals surface area contributed by atoms with Crippen LogP contribution in [0.3, 0.4) is 0 Å². The van der Waals surface area contributed by atoms with Crippen LogP contribution in [0.2, 0.25) is 0 Å². The van der Waals surface area contributed by atoms with Gasteiger partial charge in [0.05, 0.1) is 34.7 Å². The minimum absolute atomic E-state index is 0.0251. The molecule has 0 aliphatic carbocycles. The maximum Gasteiger partial charge on any atom is 0.341 e. The Morgan fingerprint density at radius 1 is 0.500 bits per heavy atom. The Kier molecular flexibility index (Phi) is 14.6. The molecule has 0 heterocycles. The molecule has 0 aliphatic rings. The van der Waals surface area contributed by atoms with Gasteiger partial charge in [0.1, 0.15) is 17.2 Å². The first kappa shape index (κ1) is 44.0. The van der Waals surface area contributed by atoms with Crippen LogP contribution in [0.4, 0.5) is 22.7 Å². The summed E-state index contributed by atoms with van der Waals surface area (Å²) in [6.07, 6.45) is 0. The second-order valence-electron chi connectivity index (χ2n) is 11.7. The standard InChI is InChI=1S/C37H30N4O19/c1-56-37(53)21-4-8-24(28(13-21)59-16-32(46)47)40-35(51)19-2-6-22(26(11-19)57-14-30(42)43)38-34(50)18-3-7-23(27(10-18)58-15-31(44)45)39-36(52)20-5-9-25(41(54)55)29(12-20)60-17-33(48)49/h2-13H,14-17H2,1H3,(H,38,50)(H,39,52)(H,40,51)(H,42,43)(H,44,45)(H,46,47)(H,48,49). The van der Waals surface area contributed by atoms with E-state index in [2.05, 4.69) is 20.7 Å². The summed E-state index contributed by atoms with van der Waals surface area (Å²) in [5.74, 6) is -10.6. The fraction of sp³-hybridized carbons (Fsp3) is 0.135. The van der Waals surface area contributed by atoms with Gasteiger partial charge in [0.15, 0.2) is 32.2 Å². The van der Waals surface area contributed by atoms with E-state index in [1.54, 1.807) is 0 Å². The van der Waals surface area contributed by atoms with Gasteiger partial charge in [-0.15, -0.1) is 0 Å². The molecule has 23 nitrogen and oxygen atoms in total. The predicted octanol–water partition coefficient (Wildman–Crippen LogP) is 2.99. The lowest BCUT2D eigenvalue weighted by Gasteiger charge is -2.16. The second-order valence-corrected chi connectivity index (χ2v) is 11.7. The number of carboxylic acids is 4. The van der Waals surface area contributed by atoms with Crippen LogP contribution < -0.4 is 34.9 Å². The Morgan fingerprint density at radius 2 is 0.800 bits per heavy atom. The number of nitro groups is 1. The normalized spacial score (nSPS) is 10.3. The number of benzene rings is 4. The first-order chi connectivity index (χ1) is 28.4. The van der Waals surface area contributed by atoms with Crippen molar-refractivity contribution in [3.05, 3.63) is 105 Å². The zero-order valence-electron chi connectivity index (χ0n) is 30.6. The molecule has 0 aromatic heterocycles. The van der Waals surface area contributed by atoms with Crippen molar-refractivity contribution >= 4 is 70.3 Å². The Balaban J connectivity index is 1.61. The number of hydrogen-bond acceptors (Lipinski definition) is 15. The van der Waals surface area contributed by atoms with Crippen molar-refractivity contribution in [2.45, 2.75) is 0 Å². The predicted molar refractivity (Wildman–Crippen MR) is 200 cm³/mol. The minimum atomic E-state index is -1.45. The van der Waals surface area contributed by atoms with Crippen LogP contribution in [-0.4, -0.2) is 106 Å². The lowest BCUT2D eigenvalue weighted by atomic mass is 10.1. The van der Waals surface area contributed by atoms with Gasteiger partial charge in [0.2, 0.25) is 0 Å². The van der Waals surface area contributed by atoms with Crippen molar-refractivity contribution in [2.24, 2.45) is 0 Å². The molecule has 0 unspecified atom stereocenters. The van der Waals surface area contributed by atoms with Gasteiger partial charge in [-0.25, -0.2) is 24.0 Å². The van der Waals surface area contributed by atoms with E-state index < -0.39 is 90.4 Å². The number of methoxy groups -OCH3 is 1. The molecule has 0 saturated carbocycles. The summed E-state index contributed by atoms with van der Waals surface area (Å²) in [5.41, 5.74) is -1.68. The number of ether oxygens (including phenoxy) is 5. The van der Waals surface area contributed by atoms with E-state index in [4.69, 9.17) is 29.2 Å². The monoisotopic (exact) mass is 834 g/mol. The largest absolute Gasteiger partial charge is 0.480 e. The van der Waals surface area contributed by atoms with Gasteiger partial charge in [-0.1, -0.05) is 0 Å². The number of anilines is 3. The van der Waals surface area contributed by atoms with Crippen molar-refractivity contribution in [3.8, 4) is 23.0 Å². The van der Waals surface area contributed by atoms with Gasteiger partial charge in [-0.3, -0.25) is 24.5 Å². The van der Waals surface area contributed by atoms with Crippen LogP contribution in [0.25, 0.3) is 0 Å². The van der Waals surface area contributed by atoms with E-state index in [1.807, 2.05) is 0 Å². The number of nitrogens with one attached hydrogen (secondary N) is 3. The molecule has 4 aromatic carbocycles. The molecule has 0 spiro atoms. The van der Waals surface area contributed by atoms with Crippen LogP contribution in [0.15, 0.2) is 72.8 Å². The summed E-state index contributed by atoms with van der Waals surface area (Å²) in [5, 5.41) is 55.2. The second kappa shape index (κ2) is 19.9. The van der Waals surface area contributed by atoms with Crippen molar-refractivity contribution in [3.63, 3.8) is 0 Å². The third-order valence-electron chi connectivity index (χ3n) is 7.46. The molecule has 0 radical (unpaired) electrons. The molecule has 0 bridgehead atoms. The van der Waals surface area contributed by atoms with Gasteiger partial charge in [0.25, 0.3) is 17.7 Å². The van der Waals surface area contributed by atoms with Crippen LogP contribution in [0.1, 0.15) is 41.4 Å². The van der Waals surface area contributed by atoms with Gasteiger partial charge < -0.3 is 60.1 Å². The van der Waals surface area contributed by atoms with Gasteiger partial charge in [-0.2, -0.15) is 0 Å². The maximum atomic E-state index is 13.5. The van der Waals surface area contributed by atoms with E-state index in [1.165, 1.54) is 30.3 Å². The zero-order valence-corrected chi connectivity index (χ0v) is 30.6. The molecule has 3 amide bonds. The van der Waals surface area contributed by atoms with Crippen LogP contribution in [0, 0.1) is 10.1 Å². The minimum Gasteiger partial charge on any atom is -0.480 e. The van der Waals surface area contributed by atoms with Gasteiger partial charge in [0, 0.05) is 28.8 Å². The number of aliphatic carboxylic acids is 4. The molecule has 23 heteroatoms. The van der Waals surface area contributed by atoms with Crippen molar-refractivity contribution in [1.29, 1.82) is 0 Å². The maximum absolute atomic E-state index is 13.5. The molecule has 0 saturated heterocycles. The number of amides is 3. The van der Waals surface area contributed by atoms with Gasteiger partial charge >= 0.3 is 35.5 Å². The summed E-state index contributed by atoms with van der Waals surface area (Å²) in [6.45, 7) is -3.67. The number of rotatable bonds is 20. The third kappa shape index (κ3) is 12.1. The summed E-state index contributed by atoms with van der Waals surface area (Å²) < 4.78 is 25.4. The average molecular weight is 835 g/mol. The van der Waals surface area contributed by atoms with Crippen molar-refractivity contribution in [2.75, 3.05) is 49.5 Å². The van der Waals surface area contributed by atoms with E-state index >= 15 is 0 Å². The Hall–Kier alpha value is -8.76. The van der Waals surface area contributed by atoms with E-state index in [0.717, 1.165) is 49.6 Å². The highest BCUT2D eigenvalue weighted by Crippen LogP contribution is 2.33. The Morgan fingerprint density at radius 3 is 1.13 bits per heavy atom. The summed E-state index contributed by atoms with van der Waals surface area (Å²) in [6, 6.07) is 13.3. The molecule has 312 valence electrons. The highest BCUT2D eigenvalue weighted by atomic mass is 16.6. The van der Waals surface area contributed by atoms with Crippen LogP contribution in [-0.2, 0) is 23.9 Å². The fourth-order valence-corrected chi connectivity index (χ4v) is 4.83. The summed E-state index contributed by atoms with van der Waals surface area (Å²) >= 11 is 0. The molecule has 60 heavy (non-hydrogen) atoms. The highest BCUT2D eigenvalue weighted by molar-refractivity contribution is 6.09. The first-order valence-corrected chi connectivity index (χ1v) is 16.6. The number of nitro benzene ring substituents is 1. The molecule has 4 rings (SSSR count). The van der Waals surface area contributed by atoms with E-state index in [9.17, 15) is 58.7 Å². The average Bonchev–Trinajstić information content (AvgIpc) is 3.20. The smallest absolute Gasteiger partial charge is 0.341 e. The topological polar surface area (TPSA) is 343 Å². The number of esters is 1. The molecule has 0 fully saturated rings. The fourth-order valence-electron chi connectivity index (χ4n) is 4.83. The number of nitrogens with zero attached hydrogens (tertiary/aromatic N) is 1. The van der Waals surface area contributed by atoms with Crippen LogP contribution >= 0.6 is 0 Å². The summed E-state index contributed by atoms with van der Waals surface area (Å²) in [7, 11) is 1.12. The van der Waals surface area contributed by atoms with E-state index in [-0.39, 0.29) is 56.6 Å². The molecule has 0 atom stereocenters. The highest BCUT2D eigenvalue weighted by Gasteiger charge is 2.22. The zero-order chi connectivity index (χ0) is 44.1. The quantitative estimate of drug-likeness (QED) is 0.0382. The number of carboxylic acid groups (broad SMARTS) is 4. The third-order valence-corrected chi connectivity index (χ3v) is 7.46. The Bertz CT molecular complexity index is 2400. The number of carbonyl (C=O) groups is 8. The lowest BCUT2D eigenvalue weighted by Crippen LogP contribution is -2.18. The molecular formula is C37H30N4O19. The molecule has 0 aliphatic heterocycles. The Labute approximate surface area is 335 Å². The first-order valence-electron chi connectivity index (χ1n) is 16.6. The molecule has 4 aromatic rings. The van der Waals surface area contributed by atoms with Crippen molar-refractivity contribution < 1.29 is 87.4 Å². The van der Waals surface area contributed by atoms with Gasteiger partial charge in [-0.05, 0) is 60.7 Å². The van der Waals surface area contributed by atoms with Crippen molar-refractivity contribution in [1.82, 2.24) is 0 Å². The molecular weight excluding hydrogens is 804 g/mol. The summed E-state index contributed by atoms with van der Waals surface area (Å²) in [4.78, 5) is 107. The van der Waals surface area contributed by atoms with E-state index in [0.29, 0.717) is 0 Å².